The Kier molecular flexibility index (Phi) is 7.53. The molecule has 0 bridgehead atoms. The molecule has 55 heavy (non-hydrogen) atoms. The number of aromatic nitrogens is 2. The quantitative estimate of drug-likeness (QED) is 0.166. The third-order valence-electron chi connectivity index (χ3n) is 11.2. The van der Waals surface area contributed by atoms with Crippen LogP contribution >= 0.6 is 11.3 Å². The maximum Gasteiger partial charge on any atom is 0.0979 e. The summed E-state index contributed by atoms with van der Waals surface area (Å²) in [6.45, 7) is 0. The number of rotatable bonds is 5. The topological polar surface area (TPSA) is 25.8 Å². The first-order chi connectivity index (χ1) is 27.3. The Labute approximate surface area is 323 Å². The zero-order valence-electron chi connectivity index (χ0n) is 30.0. The van der Waals surface area contributed by atoms with Crippen LogP contribution in [0.25, 0.3) is 81.7 Å². The summed E-state index contributed by atoms with van der Waals surface area (Å²) in [5.41, 5.74) is 14.0. The fourth-order valence-corrected chi connectivity index (χ4v) is 10.00. The van der Waals surface area contributed by atoms with Crippen LogP contribution in [0, 0.1) is 0 Å². The number of hydrogen-bond donors (Lipinski definition) is 0. The van der Waals surface area contributed by atoms with Crippen molar-refractivity contribution in [2.75, 3.05) is 0 Å². The molecule has 10 aromatic rings. The van der Waals surface area contributed by atoms with Gasteiger partial charge in [-0.2, -0.15) is 0 Å². The van der Waals surface area contributed by atoms with Gasteiger partial charge < -0.3 is 0 Å². The molecule has 0 N–H and O–H groups in total. The van der Waals surface area contributed by atoms with Gasteiger partial charge in [0.05, 0.1) is 22.9 Å². The summed E-state index contributed by atoms with van der Waals surface area (Å²) >= 11 is 1.94. The molecule has 2 nitrogen and oxygen atoms in total. The van der Waals surface area contributed by atoms with Gasteiger partial charge in [0.15, 0.2) is 0 Å². The van der Waals surface area contributed by atoms with Crippen molar-refractivity contribution < 1.29 is 0 Å². The summed E-state index contributed by atoms with van der Waals surface area (Å²) in [5, 5.41) is 6.00. The van der Waals surface area contributed by atoms with Crippen molar-refractivity contribution in [2.45, 2.75) is 12.3 Å². The van der Waals surface area contributed by atoms with Gasteiger partial charge in [-0.25, -0.2) is 4.98 Å². The lowest BCUT2D eigenvalue weighted by molar-refractivity contribution is 0.832. The highest BCUT2D eigenvalue weighted by Gasteiger charge is 2.27. The van der Waals surface area contributed by atoms with Gasteiger partial charge in [0, 0.05) is 37.4 Å². The molecule has 0 spiro atoms. The van der Waals surface area contributed by atoms with E-state index in [2.05, 4.69) is 182 Å². The van der Waals surface area contributed by atoms with Gasteiger partial charge in [-0.15, -0.1) is 11.3 Å². The average Bonchev–Trinajstić information content (AvgIpc) is 3.65. The molecule has 258 valence electrons. The molecule has 0 aliphatic heterocycles. The second-order valence-corrected chi connectivity index (χ2v) is 15.5. The SMILES string of the molecule is C1=C(c2ccccc2)c2sc3c(-c4cccc(-c5cnc6c7ccccc7c7ccccc7c6n5)c4)cc(-c4ccccc4)cc3c2CC1c1ccccc1. The fraction of sp³-hybridized carbons (Fsp3) is 0.0385. The highest BCUT2D eigenvalue weighted by atomic mass is 32.1. The Morgan fingerprint density at radius 1 is 0.473 bits per heavy atom. The third-order valence-corrected chi connectivity index (χ3v) is 12.6. The van der Waals surface area contributed by atoms with Crippen LogP contribution in [0.5, 0.6) is 0 Å². The van der Waals surface area contributed by atoms with Gasteiger partial charge in [0.2, 0.25) is 0 Å². The van der Waals surface area contributed by atoms with Crippen LogP contribution in [0.4, 0.5) is 0 Å². The smallest absolute Gasteiger partial charge is 0.0979 e. The van der Waals surface area contributed by atoms with Gasteiger partial charge in [0.1, 0.15) is 0 Å². The molecule has 0 radical (unpaired) electrons. The molecule has 8 aromatic carbocycles. The third kappa shape index (κ3) is 5.39. The second kappa shape index (κ2) is 13.0. The molecule has 0 amide bonds. The predicted molar refractivity (Wildman–Crippen MR) is 233 cm³/mol. The molecular weight excluding hydrogens is 685 g/mol. The van der Waals surface area contributed by atoms with Gasteiger partial charge in [-0.05, 0) is 79.7 Å². The van der Waals surface area contributed by atoms with Gasteiger partial charge in [0.25, 0.3) is 0 Å². The van der Waals surface area contributed by atoms with E-state index in [-0.39, 0.29) is 5.92 Å². The van der Waals surface area contributed by atoms with E-state index in [1.165, 1.54) is 70.3 Å². The lowest BCUT2D eigenvalue weighted by Gasteiger charge is -2.23. The molecule has 0 saturated carbocycles. The molecule has 2 heterocycles. The van der Waals surface area contributed by atoms with Crippen LogP contribution in [0.2, 0.25) is 0 Å². The van der Waals surface area contributed by atoms with Crippen molar-refractivity contribution in [1.29, 1.82) is 0 Å². The van der Waals surface area contributed by atoms with Crippen LogP contribution in [-0.4, -0.2) is 9.97 Å². The summed E-state index contributed by atoms with van der Waals surface area (Å²) in [5.74, 6) is 0.286. The van der Waals surface area contributed by atoms with Crippen molar-refractivity contribution in [3.8, 4) is 33.5 Å². The molecule has 3 heteroatoms. The van der Waals surface area contributed by atoms with Gasteiger partial charge in [-0.1, -0.05) is 164 Å². The molecule has 1 unspecified atom stereocenters. The van der Waals surface area contributed by atoms with Crippen LogP contribution in [0.1, 0.15) is 27.5 Å². The number of thiophene rings is 1. The number of benzene rings is 8. The number of nitrogens with zero attached hydrogens (tertiary/aromatic N) is 2. The first-order valence-electron chi connectivity index (χ1n) is 18.9. The number of hydrogen-bond acceptors (Lipinski definition) is 3. The highest BCUT2D eigenvalue weighted by Crippen LogP contribution is 2.49. The molecule has 1 atom stereocenters. The maximum atomic E-state index is 5.35. The van der Waals surface area contributed by atoms with Crippen LogP contribution in [0.15, 0.2) is 188 Å². The second-order valence-electron chi connectivity index (χ2n) is 14.5. The van der Waals surface area contributed by atoms with E-state index in [0.29, 0.717) is 0 Å². The van der Waals surface area contributed by atoms with E-state index in [1.807, 2.05) is 17.5 Å². The maximum absolute atomic E-state index is 5.35. The minimum Gasteiger partial charge on any atom is -0.252 e. The summed E-state index contributed by atoms with van der Waals surface area (Å²) < 4.78 is 1.32. The molecular formula is C52H34N2S. The molecule has 2 aromatic heterocycles. The van der Waals surface area contributed by atoms with Crippen molar-refractivity contribution in [2.24, 2.45) is 0 Å². The Morgan fingerprint density at radius 2 is 1.07 bits per heavy atom. The Bertz CT molecular complexity index is 3070. The Morgan fingerprint density at radius 3 is 1.80 bits per heavy atom. The molecule has 0 fully saturated rings. The van der Waals surface area contributed by atoms with Crippen LogP contribution < -0.4 is 0 Å². The fourth-order valence-electron chi connectivity index (χ4n) is 8.60. The largest absolute Gasteiger partial charge is 0.252 e. The minimum absolute atomic E-state index is 0.286. The van der Waals surface area contributed by atoms with Crippen LogP contribution in [-0.2, 0) is 6.42 Å². The predicted octanol–water partition coefficient (Wildman–Crippen LogP) is 13.9. The van der Waals surface area contributed by atoms with E-state index in [0.717, 1.165) is 39.5 Å². The van der Waals surface area contributed by atoms with Gasteiger partial charge >= 0.3 is 0 Å². The van der Waals surface area contributed by atoms with E-state index in [1.54, 1.807) is 0 Å². The Hall–Kier alpha value is -6.68. The average molecular weight is 719 g/mol. The van der Waals surface area contributed by atoms with Crippen molar-refractivity contribution in [3.05, 3.63) is 210 Å². The zero-order chi connectivity index (χ0) is 36.3. The van der Waals surface area contributed by atoms with Gasteiger partial charge in [-0.3, -0.25) is 4.98 Å². The molecule has 1 aliphatic rings. The summed E-state index contributed by atoms with van der Waals surface area (Å²) in [7, 11) is 0. The van der Waals surface area contributed by atoms with Crippen molar-refractivity contribution in [3.63, 3.8) is 0 Å². The number of fused-ring (bicyclic) bond motifs is 9. The summed E-state index contributed by atoms with van der Waals surface area (Å²) in [4.78, 5) is 11.8. The molecule has 0 saturated heterocycles. The lowest BCUT2D eigenvalue weighted by Crippen LogP contribution is -2.08. The van der Waals surface area contributed by atoms with E-state index in [9.17, 15) is 0 Å². The van der Waals surface area contributed by atoms with Crippen molar-refractivity contribution in [1.82, 2.24) is 9.97 Å². The lowest BCUT2D eigenvalue weighted by atomic mass is 9.81. The monoisotopic (exact) mass is 718 g/mol. The minimum atomic E-state index is 0.286. The highest BCUT2D eigenvalue weighted by molar-refractivity contribution is 7.21. The zero-order valence-corrected chi connectivity index (χ0v) is 30.8. The van der Waals surface area contributed by atoms with E-state index in [4.69, 9.17) is 9.97 Å². The van der Waals surface area contributed by atoms with E-state index < -0.39 is 0 Å². The summed E-state index contributed by atoms with van der Waals surface area (Å²) in [6, 6.07) is 63.5. The standard InChI is InChI=1S/C52H34N2S/c1-4-15-33(16-5-1)38-28-44(35-19-8-3-9-20-35)51-46(30-38)47-31-39(34-17-6-2-7-18-34)29-45(52(47)55-51)36-21-14-22-37(27-36)48-32-53-49-42-25-12-10-23-40(42)41-24-11-13-26-43(41)50(49)54-48/h1-29,31-32,38H,30H2. The molecule has 1 aliphatic carbocycles. The first kappa shape index (κ1) is 31.8. The normalized spacial score (nSPS) is 14.0. The summed E-state index contributed by atoms with van der Waals surface area (Å²) in [6.07, 6.45) is 5.41. The first-order valence-corrected chi connectivity index (χ1v) is 19.7. The number of allylic oxidation sites excluding steroid dienone is 1. The van der Waals surface area contributed by atoms with Crippen molar-refractivity contribution >= 4 is 59.6 Å². The Balaban J connectivity index is 1.12. The molecule has 11 rings (SSSR count). The van der Waals surface area contributed by atoms with Crippen LogP contribution in [0.3, 0.4) is 0 Å². The van der Waals surface area contributed by atoms with E-state index >= 15 is 0 Å².